The lowest BCUT2D eigenvalue weighted by atomic mass is 10.1. The number of methoxy groups -OCH3 is 1. The quantitative estimate of drug-likeness (QED) is 0.570. The van der Waals surface area contributed by atoms with Crippen LogP contribution in [0.1, 0.15) is 18.1 Å². The molecule has 5 heteroatoms. The van der Waals surface area contributed by atoms with Gasteiger partial charge in [-0.1, -0.05) is 6.92 Å². The Morgan fingerprint density at radius 1 is 1.00 bits per heavy atom. The fourth-order valence-corrected chi connectivity index (χ4v) is 5.59. The molecule has 0 spiro atoms. The normalized spacial score (nSPS) is 10.8. The minimum Gasteiger partial charge on any atom is -0.469 e. The Labute approximate surface area is 142 Å². The van der Waals surface area contributed by atoms with E-state index in [1.54, 1.807) is 34.0 Å². The molecule has 0 aromatic carbocycles. The van der Waals surface area contributed by atoms with E-state index >= 15 is 0 Å². The summed E-state index contributed by atoms with van der Waals surface area (Å²) in [5, 5.41) is 4.19. The van der Waals surface area contributed by atoms with Gasteiger partial charge in [-0.3, -0.25) is 4.79 Å². The lowest BCUT2D eigenvalue weighted by Gasteiger charge is -2.01. The van der Waals surface area contributed by atoms with Gasteiger partial charge in [0.25, 0.3) is 0 Å². The third kappa shape index (κ3) is 3.02. The number of hydrogen-bond donors (Lipinski definition) is 0. The molecule has 0 aliphatic heterocycles. The van der Waals surface area contributed by atoms with Crippen molar-refractivity contribution in [3.8, 4) is 19.5 Å². The molecule has 0 amide bonds. The first-order valence-corrected chi connectivity index (χ1v) is 9.60. The molecule has 3 aromatic rings. The Bertz CT molecular complexity index is 779. The van der Waals surface area contributed by atoms with E-state index in [0.717, 1.165) is 12.0 Å². The van der Waals surface area contributed by atoms with E-state index in [9.17, 15) is 4.79 Å². The Kier molecular flexibility index (Phi) is 4.76. The molecule has 0 aliphatic carbocycles. The van der Waals surface area contributed by atoms with Gasteiger partial charge in [0.05, 0.1) is 13.5 Å². The van der Waals surface area contributed by atoms with Gasteiger partial charge in [0.1, 0.15) is 0 Å². The smallest absolute Gasteiger partial charge is 0.310 e. The van der Waals surface area contributed by atoms with Crippen LogP contribution in [0.3, 0.4) is 0 Å². The number of carbonyl (C=O) groups is 1. The maximum Gasteiger partial charge on any atom is 0.310 e. The van der Waals surface area contributed by atoms with Crippen molar-refractivity contribution in [2.24, 2.45) is 0 Å². The lowest BCUT2D eigenvalue weighted by molar-refractivity contribution is -0.139. The summed E-state index contributed by atoms with van der Waals surface area (Å²) in [6, 6.07) is 8.56. The van der Waals surface area contributed by atoms with Crippen molar-refractivity contribution in [2.45, 2.75) is 19.8 Å². The zero-order valence-corrected chi connectivity index (χ0v) is 14.9. The largest absolute Gasteiger partial charge is 0.469 e. The summed E-state index contributed by atoms with van der Waals surface area (Å²) in [7, 11) is 1.43. The van der Waals surface area contributed by atoms with Crippen LogP contribution in [-0.2, 0) is 22.4 Å². The van der Waals surface area contributed by atoms with Crippen LogP contribution in [0.4, 0.5) is 0 Å². The summed E-state index contributed by atoms with van der Waals surface area (Å²) in [6.07, 6.45) is 1.39. The molecule has 0 radical (unpaired) electrons. The number of carbonyl (C=O) groups excluding carboxylic acids is 1. The number of esters is 1. The van der Waals surface area contributed by atoms with Gasteiger partial charge in [-0.25, -0.2) is 0 Å². The summed E-state index contributed by atoms with van der Waals surface area (Å²) < 4.78 is 4.78. The fourth-order valence-electron chi connectivity index (χ4n) is 2.33. The fraction of sp³-hybridized carbons (Fsp3) is 0.235. The van der Waals surface area contributed by atoms with Crippen LogP contribution in [0, 0.1) is 0 Å². The van der Waals surface area contributed by atoms with E-state index in [-0.39, 0.29) is 5.97 Å². The van der Waals surface area contributed by atoms with Crippen molar-refractivity contribution in [3.05, 3.63) is 46.2 Å². The molecule has 0 aliphatic rings. The predicted molar refractivity (Wildman–Crippen MR) is 96.0 cm³/mol. The molecule has 3 heterocycles. The number of rotatable bonds is 5. The molecule has 0 fully saturated rings. The average Bonchev–Trinajstić information content (AvgIpc) is 3.25. The van der Waals surface area contributed by atoms with Gasteiger partial charge < -0.3 is 4.74 Å². The van der Waals surface area contributed by atoms with Crippen molar-refractivity contribution in [3.63, 3.8) is 0 Å². The highest BCUT2D eigenvalue weighted by Gasteiger charge is 2.15. The topological polar surface area (TPSA) is 26.3 Å². The zero-order valence-electron chi connectivity index (χ0n) is 12.4. The summed E-state index contributed by atoms with van der Waals surface area (Å²) in [5.41, 5.74) is 2.45. The van der Waals surface area contributed by atoms with E-state index in [1.165, 1.54) is 32.2 Å². The maximum atomic E-state index is 11.5. The van der Waals surface area contributed by atoms with E-state index in [0.29, 0.717) is 6.42 Å². The Morgan fingerprint density at radius 3 is 2.18 bits per heavy atom. The first kappa shape index (κ1) is 15.5. The minimum atomic E-state index is -0.192. The van der Waals surface area contributed by atoms with Crippen molar-refractivity contribution >= 4 is 40.0 Å². The first-order valence-electron chi connectivity index (χ1n) is 7.03. The summed E-state index contributed by atoms with van der Waals surface area (Å²) >= 11 is 5.27. The maximum absolute atomic E-state index is 11.5. The highest BCUT2D eigenvalue weighted by Crippen LogP contribution is 2.41. The molecule has 22 heavy (non-hydrogen) atoms. The van der Waals surface area contributed by atoms with Crippen LogP contribution in [-0.4, -0.2) is 13.1 Å². The van der Waals surface area contributed by atoms with Gasteiger partial charge in [0.2, 0.25) is 0 Å². The Hall–Kier alpha value is -1.43. The second-order valence-corrected chi connectivity index (χ2v) is 7.74. The molecule has 3 aromatic heterocycles. The standard InChI is InChI=1S/C17H16O2S3/c1-3-11-6-8-20-16(11)13-4-5-14(22-13)17-12(7-9-21-17)10-15(18)19-2/h4-9H,3,10H2,1-2H3. The van der Waals surface area contributed by atoms with E-state index in [2.05, 4.69) is 30.5 Å². The predicted octanol–water partition coefficient (Wildman–Crippen LogP) is 5.48. The Morgan fingerprint density at radius 2 is 1.59 bits per heavy atom. The van der Waals surface area contributed by atoms with E-state index < -0.39 is 0 Å². The molecule has 0 bridgehead atoms. The molecule has 0 N–H and O–H groups in total. The van der Waals surface area contributed by atoms with Crippen LogP contribution < -0.4 is 0 Å². The van der Waals surface area contributed by atoms with Gasteiger partial charge >= 0.3 is 5.97 Å². The molecule has 3 rings (SSSR count). The molecule has 0 saturated heterocycles. The zero-order chi connectivity index (χ0) is 15.5. The molecule has 0 atom stereocenters. The van der Waals surface area contributed by atoms with Gasteiger partial charge in [0.15, 0.2) is 0 Å². The van der Waals surface area contributed by atoms with E-state index in [4.69, 9.17) is 4.74 Å². The minimum absolute atomic E-state index is 0.192. The lowest BCUT2D eigenvalue weighted by Crippen LogP contribution is -2.03. The second-order valence-electron chi connectivity index (χ2n) is 4.82. The average molecular weight is 349 g/mol. The summed E-state index contributed by atoms with van der Waals surface area (Å²) in [4.78, 5) is 16.6. The third-order valence-corrected chi connectivity index (χ3v) is 6.85. The number of ether oxygens (including phenoxy) is 1. The number of thiophene rings is 3. The molecular weight excluding hydrogens is 332 g/mol. The van der Waals surface area contributed by atoms with Gasteiger partial charge in [-0.05, 0) is 52.6 Å². The van der Waals surface area contributed by atoms with Crippen LogP contribution in [0.25, 0.3) is 19.5 Å². The van der Waals surface area contributed by atoms with Crippen LogP contribution in [0.2, 0.25) is 0 Å². The number of hydrogen-bond acceptors (Lipinski definition) is 5. The SMILES string of the molecule is CCc1ccsc1-c1ccc(-c2sccc2CC(=O)OC)s1. The van der Waals surface area contributed by atoms with Gasteiger partial charge in [-0.15, -0.1) is 34.0 Å². The van der Waals surface area contributed by atoms with Crippen molar-refractivity contribution in [1.29, 1.82) is 0 Å². The summed E-state index contributed by atoms with van der Waals surface area (Å²) in [6.45, 7) is 2.19. The van der Waals surface area contributed by atoms with Crippen molar-refractivity contribution < 1.29 is 9.53 Å². The monoisotopic (exact) mass is 348 g/mol. The summed E-state index contributed by atoms with van der Waals surface area (Å²) in [5.74, 6) is -0.192. The first-order chi connectivity index (χ1) is 10.7. The third-order valence-electron chi connectivity index (χ3n) is 3.49. The van der Waals surface area contributed by atoms with Crippen molar-refractivity contribution in [2.75, 3.05) is 7.11 Å². The molecule has 2 nitrogen and oxygen atoms in total. The van der Waals surface area contributed by atoms with Crippen LogP contribution in [0.5, 0.6) is 0 Å². The van der Waals surface area contributed by atoms with Crippen molar-refractivity contribution in [1.82, 2.24) is 0 Å². The second kappa shape index (κ2) is 6.77. The van der Waals surface area contributed by atoms with Crippen LogP contribution >= 0.6 is 34.0 Å². The molecule has 0 saturated carbocycles. The number of aryl methyl sites for hydroxylation is 1. The van der Waals surface area contributed by atoms with E-state index in [1.807, 2.05) is 11.4 Å². The molecule has 0 unspecified atom stereocenters. The Balaban J connectivity index is 1.92. The van der Waals surface area contributed by atoms with Crippen LogP contribution in [0.15, 0.2) is 35.0 Å². The molecule has 114 valence electrons. The molecular formula is C17H16O2S3. The highest BCUT2D eigenvalue weighted by atomic mass is 32.1. The van der Waals surface area contributed by atoms with Gasteiger partial charge in [-0.2, -0.15) is 0 Å². The van der Waals surface area contributed by atoms with Gasteiger partial charge in [0, 0.05) is 19.5 Å². The highest BCUT2D eigenvalue weighted by molar-refractivity contribution is 7.25.